The number of hydrogen-bond acceptors (Lipinski definition) is 2. The molecule has 1 aliphatic heterocycles. The fourth-order valence-electron chi connectivity index (χ4n) is 4.55. The third kappa shape index (κ3) is 2.10. The van der Waals surface area contributed by atoms with E-state index < -0.39 is 0 Å². The van der Waals surface area contributed by atoms with Gasteiger partial charge in [0.1, 0.15) is 0 Å². The van der Waals surface area contributed by atoms with Gasteiger partial charge in [0, 0.05) is 6.04 Å². The zero-order valence-corrected chi connectivity index (χ0v) is 12.7. The SMILES string of the molecule is CC(C)C1NC(C(C)C)N(C2CC3CCC2C3)C1=O. The van der Waals surface area contributed by atoms with E-state index in [-0.39, 0.29) is 12.2 Å². The van der Waals surface area contributed by atoms with E-state index in [4.69, 9.17) is 0 Å². The van der Waals surface area contributed by atoms with Gasteiger partial charge in [-0.1, -0.05) is 34.1 Å². The minimum atomic E-state index is 0.0338. The number of carbonyl (C=O) groups excluding carboxylic acids is 1. The van der Waals surface area contributed by atoms with Crippen LogP contribution >= 0.6 is 0 Å². The van der Waals surface area contributed by atoms with E-state index in [1.165, 1.54) is 25.7 Å². The Kier molecular flexibility index (Phi) is 3.36. The fourth-order valence-corrected chi connectivity index (χ4v) is 4.55. The van der Waals surface area contributed by atoms with Crippen molar-refractivity contribution in [3.63, 3.8) is 0 Å². The van der Waals surface area contributed by atoms with Crippen LogP contribution in [0.5, 0.6) is 0 Å². The van der Waals surface area contributed by atoms with Crippen LogP contribution in [0.25, 0.3) is 0 Å². The fraction of sp³-hybridized carbons (Fsp3) is 0.938. The summed E-state index contributed by atoms with van der Waals surface area (Å²) >= 11 is 0. The summed E-state index contributed by atoms with van der Waals surface area (Å²) in [6.07, 6.45) is 5.62. The Morgan fingerprint density at radius 3 is 2.32 bits per heavy atom. The summed E-state index contributed by atoms with van der Waals surface area (Å²) in [5.74, 6) is 2.92. The van der Waals surface area contributed by atoms with Gasteiger partial charge in [0.15, 0.2) is 0 Å². The molecule has 2 aliphatic carbocycles. The van der Waals surface area contributed by atoms with E-state index in [0.717, 1.165) is 11.8 Å². The molecule has 0 radical (unpaired) electrons. The maximum Gasteiger partial charge on any atom is 0.241 e. The van der Waals surface area contributed by atoms with Crippen molar-refractivity contribution >= 4 is 5.91 Å². The standard InChI is InChI=1S/C16H28N2O/c1-9(2)14-16(19)18(15(17-14)10(3)4)13-8-11-5-6-12(13)7-11/h9-15,17H,5-8H2,1-4H3. The minimum absolute atomic E-state index is 0.0338. The molecule has 0 aromatic carbocycles. The van der Waals surface area contributed by atoms with Gasteiger partial charge in [-0.05, 0) is 42.9 Å². The number of amides is 1. The first-order valence-corrected chi connectivity index (χ1v) is 8.07. The van der Waals surface area contributed by atoms with Crippen LogP contribution in [0.4, 0.5) is 0 Å². The van der Waals surface area contributed by atoms with Crippen molar-refractivity contribution in [2.75, 3.05) is 0 Å². The van der Waals surface area contributed by atoms with E-state index in [2.05, 4.69) is 37.9 Å². The average Bonchev–Trinajstić information content (AvgIpc) is 3.00. The van der Waals surface area contributed by atoms with Gasteiger partial charge in [-0.15, -0.1) is 0 Å². The Balaban J connectivity index is 1.83. The molecular formula is C16H28N2O. The van der Waals surface area contributed by atoms with Gasteiger partial charge in [-0.25, -0.2) is 0 Å². The maximum absolute atomic E-state index is 12.8. The van der Waals surface area contributed by atoms with E-state index >= 15 is 0 Å². The number of hydrogen-bond donors (Lipinski definition) is 1. The van der Waals surface area contributed by atoms with E-state index in [9.17, 15) is 4.79 Å². The molecule has 0 aromatic rings. The molecule has 3 heteroatoms. The van der Waals surface area contributed by atoms with Crippen molar-refractivity contribution in [3.05, 3.63) is 0 Å². The highest BCUT2D eigenvalue weighted by molar-refractivity contribution is 5.85. The van der Waals surface area contributed by atoms with Crippen LogP contribution < -0.4 is 5.32 Å². The molecule has 1 saturated heterocycles. The van der Waals surface area contributed by atoms with Crippen molar-refractivity contribution in [2.24, 2.45) is 23.7 Å². The third-order valence-electron chi connectivity index (χ3n) is 5.53. The second-order valence-corrected chi connectivity index (χ2v) is 7.56. The Bertz CT molecular complexity index is 366. The molecule has 2 bridgehead atoms. The summed E-state index contributed by atoms with van der Waals surface area (Å²) in [7, 11) is 0. The lowest BCUT2D eigenvalue weighted by Gasteiger charge is -2.37. The molecule has 108 valence electrons. The van der Waals surface area contributed by atoms with Crippen LogP contribution in [-0.2, 0) is 4.79 Å². The highest BCUT2D eigenvalue weighted by Gasteiger charge is 2.51. The largest absolute Gasteiger partial charge is 0.322 e. The molecule has 1 heterocycles. The second-order valence-electron chi connectivity index (χ2n) is 7.56. The first-order chi connectivity index (χ1) is 8.99. The molecule has 2 saturated carbocycles. The van der Waals surface area contributed by atoms with Gasteiger partial charge >= 0.3 is 0 Å². The lowest BCUT2D eigenvalue weighted by atomic mass is 9.92. The lowest BCUT2D eigenvalue weighted by Crippen LogP contribution is -2.49. The van der Waals surface area contributed by atoms with E-state index in [1.807, 2.05) is 0 Å². The van der Waals surface area contributed by atoms with Gasteiger partial charge in [0.05, 0.1) is 12.2 Å². The molecule has 0 spiro atoms. The average molecular weight is 264 g/mol. The number of rotatable bonds is 3. The van der Waals surface area contributed by atoms with Gasteiger partial charge in [0.25, 0.3) is 0 Å². The second kappa shape index (κ2) is 4.76. The van der Waals surface area contributed by atoms with Crippen molar-refractivity contribution in [1.29, 1.82) is 0 Å². The first kappa shape index (κ1) is 13.4. The quantitative estimate of drug-likeness (QED) is 0.850. The molecule has 19 heavy (non-hydrogen) atoms. The zero-order valence-electron chi connectivity index (χ0n) is 12.7. The number of carbonyl (C=O) groups is 1. The summed E-state index contributed by atoms with van der Waals surface area (Å²) in [5.41, 5.74) is 0. The summed E-state index contributed by atoms with van der Waals surface area (Å²) in [6, 6.07) is 0.557. The van der Waals surface area contributed by atoms with Gasteiger partial charge < -0.3 is 4.90 Å². The molecule has 5 atom stereocenters. The first-order valence-electron chi connectivity index (χ1n) is 8.07. The van der Waals surface area contributed by atoms with Crippen LogP contribution in [0.3, 0.4) is 0 Å². The van der Waals surface area contributed by atoms with Crippen LogP contribution in [-0.4, -0.2) is 29.1 Å². The molecule has 3 aliphatic rings. The summed E-state index contributed by atoms with van der Waals surface area (Å²) in [5, 5.41) is 3.60. The lowest BCUT2D eigenvalue weighted by molar-refractivity contribution is -0.134. The maximum atomic E-state index is 12.8. The molecule has 0 aromatic heterocycles. The van der Waals surface area contributed by atoms with Crippen molar-refractivity contribution in [1.82, 2.24) is 10.2 Å². The molecule has 1 N–H and O–H groups in total. The van der Waals surface area contributed by atoms with Crippen molar-refractivity contribution in [2.45, 2.75) is 71.6 Å². The summed E-state index contributed by atoms with van der Waals surface area (Å²) in [4.78, 5) is 15.0. The smallest absolute Gasteiger partial charge is 0.241 e. The Labute approximate surface area is 117 Å². The molecule has 5 unspecified atom stereocenters. The third-order valence-corrected chi connectivity index (χ3v) is 5.53. The topological polar surface area (TPSA) is 32.3 Å². The van der Waals surface area contributed by atoms with Crippen LogP contribution in [0.1, 0.15) is 53.4 Å². The van der Waals surface area contributed by atoms with Gasteiger partial charge in [-0.2, -0.15) is 0 Å². The highest BCUT2D eigenvalue weighted by Crippen LogP contribution is 2.48. The van der Waals surface area contributed by atoms with E-state index in [1.54, 1.807) is 0 Å². The van der Waals surface area contributed by atoms with Crippen LogP contribution in [0, 0.1) is 23.7 Å². The molecular weight excluding hydrogens is 236 g/mol. The van der Waals surface area contributed by atoms with E-state index in [0.29, 0.717) is 23.8 Å². The Morgan fingerprint density at radius 2 is 1.84 bits per heavy atom. The van der Waals surface area contributed by atoms with Crippen molar-refractivity contribution in [3.8, 4) is 0 Å². The number of nitrogens with zero attached hydrogens (tertiary/aromatic N) is 1. The predicted molar refractivity (Wildman–Crippen MR) is 76.5 cm³/mol. The van der Waals surface area contributed by atoms with Gasteiger partial charge in [-0.3, -0.25) is 10.1 Å². The zero-order chi connectivity index (χ0) is 13.7. The monoisotopic (exact) mass is 264 g/mol. The number of fused-ring (bicyclic) bond motifs is 2. The Morgan fingerprint density at radius 1 is 1.11 bits per heavy atom. The highest BCUT2D eigenvalue weighted by atomic mass is 16.2. The molecule has 3 fully saturated rings. The summed E-state index contributed by atoms with van der Waals surface area (Å²) < 4.78 is 0. The minimum Gasteiger partial charge on any atom is -0.322 e. The van der Waals surface area contributed by atoms with Crippen LogP contribution in [0.15, 0.2) is 0 Å². The number of nitrogens with one attached hydrogen (secondary N) is 1. The molecule has 1 amide bonds. The van der Waals surface area contributed by atoms with Crippen LogP contribution in [0.2, 0.25) is 0 Å². The van der Waals surface area contributed by atoms with Crippen molar-refractivity contribution < 1.29 is 4.79 Å². The molecule has 3 nitrogen and oxygen atoms in total. The predicted octanol–water partition coefficient (Wildman–Crippen LogP) is 2.61. The molecule has 3 rings (SSSR count). The summed E-state index contributed by atoms with van der Waals surface area (Å²) in [6.45, 7) is 8.76. The Hall–Kier alpha value is -0.570. The normalized spacial score (nSPS) is 42.1. The van der Waals surface area contributed by atoms with Gasteiger partial charge in [0.2, 0.25) is 5.91 Å².